The summed E-state index contributed by atoms with van der Waals surface area (Å²) in [5.74, 6) is -0.978. The number of nitrogens with one attached hydrogen (secondary N) is 2. The summed E-state index contributed by atoms with van der Waals surface area (Å²) in [6.45, 7) is 9.38. The molecule has 248 valence electrons. The van der Waals surface area contributed by atoms with E-state index in [9.17, 15) is 19.5 Å². The molecule has 0 radical (unpaired) electrons. The monoisotopic (exact) mass is 637 g/mol. The number of carbonyl (C=O) groups excluding carboxylic acids is 3. The van der Waals surface area contributed by atoms with Gasteiger partial charge >= 0.3 is 6.09 Å². The van der Waals surface area contributed by atoms with Crippen LogP contribution < -0.4 is 10.6 Å². The average Bonchev–Trinajstić information content (AvgIpc) is 3.03. The molecule has 4 aromatic carbocycles. The Morgan fingerprint density at radius 2 is 1.55 bits per heavy atom. The summed E-state index contributed by atoms with van der Waals surface area (Å²) in [5.41, 5.74) is 1.51. The van der Waals surface area contributed by atoms with Crippen LogP contribution in [0.15, 0.2) is 91.0 Å². The second-order valence-corrected chi connectivity index (χ2v) is 12.9. The fourth-order valence-electron chi connectivity index (χ4n) is 5.61. The Bertz CT molecular complexity index is 1660. The minimum atomic E-state index is -1.19. The molecule has 2 atom stereocenters. The standard InChI is InChI=1S/C39H47N3O5/c1-6-7-8-14-24-42(37(45)33(25-28-17-10-9-11-18-28)41-38(46)47-39(3,4)5)34(32-21-15-16-27(2)35(32)43)36(44)40-31-23-22-29-19-12-13-20-30(29)26-31/h9-13,15-23,26,33-34,43H,6-8,14,24-25H2,1-5H3,(H,40,44)(H,41,46). The van der Waals surface area contributed by atoms with E-state index in [2.05, 4.69) is 17.6 Å². The highest BCUT2D eigenvalue weighted by Crippen LogP contribution is 2.34. The maximum absolute atomic E-state index is 14.7. The zero-order valence-corrected chi connectivity index (χ0v) is 28.1. The third kappa shape index (κ3) is 9.82. The maximum atomic E-state index is 14.7. The number of hydrogen-bond donors (Lipinski definition) is 3. The second-order valence-electron chi connectivity index (χ2n) is 12.9. The number of para-hydroxylation sites is 1. The number of amides is 3. The molecule has 0 heterocycles. The number of aryl methyl sites for hydroxylation is 1. The molecule has 47 heavy (non-hydrogen) atoms. The summed E-state index contributed by atoms with van der Waals surface area (Å²) in [6.07, 6.45) is 2.90. The molecule has 0 aliphatic heterocycles. The van der Waals surface area contributed by atoms with E-state index in [1.807, 2.05) is 72.8 Å². The van der Waals surface area contributed by atoms with Crippen molar-refractivity contribution in [3.05, 3.63) is 108 Å². The van der Waals surface area contributed by atoms with Gasteiger partial charge in [0.05, 0.1) is 0 Å². The number of carbonyl (C=O) groups is 3. The van der Waals surface area contributed by atoms with Gasteiger partial charge in [-0.2, -0.15) is 0 Å². The number of rotatable bonds is 13. The lowest BCUT2D eigenvalue weighted by molar-refractivity contribution is -0.141. The van der Waals surface area contributed by atoms with E-state index in [0.29, 0.717) is 23.2 Å². The van der Waals surface area contributed by atoms with Crippen molar-refractivity contribution in [2.45, 2.75) is 84.4 Å². The molecule has 0 spiro atoms. The number of fused-ring (bicyclic) bond motifs is 1. The molecule has 3 N–H and O–H groups in total. The van der Waals surface area contributed by atoms with Crippen molar-refractivity contribution < 1.29 is 24.2 Å². The number of nitrogens with zero attached hydrogens (tertiary/aromatic N) is 1. The Kier molecular flexibility index (Phi) is 12.0. The molecule has 0 aliphatic rings. The van der Waals surface area contributed by atoms with E-state index in [1.54, 1.807) is 45.9 Å². The largest absolute Gasteiger partial charge is 0.507 e. The molecule has 0 fully saturated rings. The van der Waals surface area contributed by atoms with Crippen LogP contribution >= 0.6 is 0 Å². The van der Waals surface area contributed by atoms with E-state index in [4.69, 9.17) is 4.74 Å². The third-order valence-electron chi connectivity index (χ3n) is 7.95. The van der Waals surface area contributed by atoms with Crippen molar-refractivity contribution in [1.29, 1.82) is 0 Å². The number of ether oxygens (including phenoxy) is 1. The Morgan fingerprint density at radius 1 is 0.851 bits per heavy atom. The van der Waals surface area contributed by atoms with Crippen LogP contribution in [0.3, 0.4) is 0 Å². The Balaban J connectivity index is 1.78. The van der Waals surface area contributed by atoms with Crippen LogP contribution in [0.1, 0.15) is 76.1 Å². The maximum Gasteiger partial charge on any atom is 0.408 e. The summed E-state index contributed by atoms with van der Waals surface area (Å²) in [7, 11) is 0. The molecular weight excluding hydrogens is 590 g/mol. The molecule has 4 rings (SSSR count). The van der Waals surface area contributed by atoms with Crippen molar-refractivity contribution in [1.82, 2.24) is 10.2 Å². The molecule has 0 aromatic heterocycles. The van der Waals surface area contributed by atoms with E-state index in [-0.39, 0.29) is 18.7 Å². The summed E-state index contributed by atoms with van der Waals surface area (Å²) in [5, 5.41) is 19.1. The molecule has 4 aromatic rings. The predicted octanol–water partition coefficient (Wildman–Crippen LogP) is 8.08. The zero-order valence-electron chi connectivity index (χ0n) is 28.1. The molecule has 8 heteroatoms. The molecule has 2 unspecified atom stereocenters. The van der Waals surface area contributed by atoms with E-state index < -0.39 is 35.6 Å². The fraction of sp³-hybridized carbons (Fsp3) is 0.359. The topological polar surface area (TPSA) is 108 Å². The van der Waals surface area contributed by atoms with Crippen molar-refractivity contribution in [2.75, 3.05) is 11.9 Å². The summed E-state index contributed by atoms with van der Waals surface area (Å²) < 4.78 is 5.55. The van der Waals surface area contributed by atoms with Gasteiger partial charge in [0, 0.05) is 24.2 Å². The first kappa shape index (κ1) is 35.0. The molecule has 0 aliphatic carbocycles. The third-order valence-corrected chi connectivity index (χ3v) is 7.95. The van der Waals surface area contributed by atoms with Gasteiger partial charge in [-0.25, -0.2) is 4.79 Å². The summed E-state index contributed by atoms with van der Waals surface area (Å²) in [6, 6.07) is 25.9. The van der Waals surface area contributed by atoms with Crippen LogP contribution in [0.5, 0.6) is 5.75 Å². The van der Waals surface area contributed by atoms with Crippen LogP contribution in [0.25, 0.3) is 10.8 Å². The number of hydrogen-bond acceptors (Lipinski definition) is 5. The molecule has 0 saturated carbocycles. The number of benzene rings is 4. The number of alkyl carbamates (subject to hydrolysis) is 1. The van der Waals surface area contributed by atoms with Crippen LogP contribution in [0, 0.1) is 6.92 Å². The highest BCUT2D eigenvalue weighted by molar-refractivity contribution is 6.00. The van der Waals surface area contributed by atoms with Gasteiger partial charge < -0.3 is 25.4 Å². The van der Waals surface area contributed by atoms with E-state index in [1.165, 1.54) is 4.90 Å². The highest BCUT2D eigenvalue weighted by atomic mass is 16.6. The highest BCUT2D eigenvalue weighted by Gasteiger charge is 2.37. The van der Waals surface area contributed by atoms with Crippen LogP contribution in [-0.2, 0) is 20.7 Å². The van der Waals surface area contributed by atoms with Crippen LogP contribution in [-0.4, -0.2) is 46.1 Å². The van der Waals surface area contributed by atoms with Gasteiger partial charge in [0.25, 0.3) is 5.91 Å². The van der Waals surface area contributed by atoms with E-state index >= 15 is 0 Å². The van der Waals surface area contributed by atoms with Crippen molar-refractivity contribution in [3.8, 4) is 5.75 Å². The molecule has 0 saturated heterocycles. The van der Waals surface area contributed by atoms with Crippen molar-refractivity contribution >= 4 is 34.4 Å². The molecule has 3 amide bonds. The van der Waals surface area contributed by atoms with Gasteiger partial charge in [0.15, 0.2) is 0 Å². The van der Waals surface area contributed by atoms with Gasteiger partial charge in [-0.3, -0.25) is 9.59 Å². The second kappa shape index (κ2) is 16.1. The number of aromatic hydroxyl groups is 1. The average molecular weight is 638 g/mol. The lowest BCUT2D eigenvalue weighted by Gasteiger charge is -2.35. The van der Waals surface area contributed by atoms with Crippen molar-refractivity contribution in [3.63, 3.8) is 0 Å². The lowest BCUT2D eigenvalue weighted by Crippen LogP contribution is -2.53. The zero-order chi connectivity index (χ0) is 34.0. The molecule has 8 nitrogen and oxygen atoms in total. The quantitative estimate of drug-likeness (QED) is 0.129. The fourth-order valence-corrected chi connectivity index (χ4v) is 5.61. The molecule has 0 bridgehead atoms. The first-order valence-electron chi connectivity index (χ1n) is 16.4. The number of unbranched alkanes of at least 4 members (excludes halogenated alkanes) is 3. The number of phenolic OH excluding ortho intramolecular Hbond substituents is 1. The summed E-state index contributed by atoms with van der Waals surface area (Å²) in [4.78, 5) is 43.7. The Hall–Kier alpha value is -4.85. The van der Waals surface area contributed by atoms with Gasteiger partial charge in [0.2, 0.25) is 5.91 Å². The normalized spacial score (nSPS) is 12.6. The molecular formula is C39H47N3O5. The first-order valence-corrected chi connectivity index (χ1v) is 16.4. The minimum Gasteiger partial charge on any atom is -0.507 e. The minimum absolute atomic E-state index is 0.0581. The van der Waals surface area contributed by atoms with Gasteiger partial charge in [-0.1, -0.05) is 105 Å². The number of phenols is 1. The summed E-state index contributed by atoms with van der Waals surface area (Å²) >= 11 is 0. The van der Waals surface area contributed by atoms with Crippen LogP contribution in [0.4, 0.5) is 10.5 Å². The van der Waals surface area contributed by atoms with Crippen molar-refractivity contribution in [2.24, 2.45) is 0 Å². The first-order chi connectivity index (χ1) is 22.5. The van der Waals surface area contributed by atoms with Crippen LogP contribution in [0.2, 0.25) is 0 Å². The SMILES string of the molecule is CCCCCCN(C(=O)C(Cc1ccccc1)NC(=O)OC(C)(C)C)C(C(=O)Nc1ccc2ccccc2c1)c1cccc(C)c1O. The Labute approximate surface area is 278 Å². The lowest BCUT2D eigenvalue weighted by atomic mass is 9.97. The smallest absolute Gasteiger partial charge is 0.408 e. The predicted molar refractivity (Wildman–Crippen MR) is 187 cm³/mol. The van der Waals surface area contributed by atoms with Gasteiger partial charge in [0.1, 0.15) is 23.4 Å². The van der Waals surface area contributed by atoms with E-state index in [0.717, 1.165) is 35.6 Å². The van der Waals surface area contributed by atoms with Gasteiger partial charge in [-0.05, 0) is 68.1 Å². The van der Waals surface area contributed by atoms with Gasteiger partial charge in [-0.15, -0.1) is 0 Å². The number of anilines is 1. The Morgan fingerprint density at radius 3 is 2.26 bits per heavy atom.